The molecule has 1 aromatic carbocycles. The van der Waals surface area contributed by atoms with Crippen LogP contribution < -0.4 is 4.74 Å². The van der Waals surface area contributed by atoms with Gasteiger partial charge in [0.2, 0.25) is 0 Å². The first kappa shape index (κ1) is 24.7. The molecule has 0 amide bonds. The number of esters is 1. The Kier molecular flexibility index (Phi) is 15.1. The minimum Gasteiger partial charge on any atom is -0.423 e. The zero-order valence-electron chi connectivity index (χ0n) is 18.3. The normalized spacial score (nSPS) is 12.1. The fourth-order valence-electron chi connectivity index (χ4n) is 2.89. The van der Waals surface area contributed by atoms with Crippen molar-refractivity contribution in [3.05, 3.63) is 78.4 Å². The van der Waals surface area contributed by atoms with Crippen LogP contribution in [0, 0.1) is 6.92 Å². The minimum absolute atomic E-state index is 0.372. The van der Waals surface area contributed by atoms with Crippen LogP contribution in [0.1, 0.15) is 76.7 Å². The lowest BCUT2D eigenvalue weighted by molar-refractivity contribution is -0.128. The summed E-state index contributed by atoms with van der Waals surface area (Å²) in [6.45, 7) is 4.26. The third-order valence-corrected chi connectivity index (χ3v) is 4.64. The van der Waals surface area contributed by atoms with E-state index >= 15 is 0 Å². The summed E-state index contributed by atoms with van der Waals surface area (Å²) in [6.07, 6.45) is 28.6. The predicted octanol–water partition coefficient (Wildman–Crippen LogP) is 8.05. The summed E-state index contributed by atoms with van der Waals surface area (Å²) in [5.41, 5.74) is 1.14. The number of carbonyl (C=O) groups is 1. The molecule has 0 atom stereocenters. The first-order valence-corrected chi connectivity index (χ1v) is 11.2. The van der Waals surface area contributed by atoms with Crippen LogP contribution in [0.3, 0.4) is 0 Å². The van der Waals surface area contributed by atoms with Gasteiger partial charge in [0.1, 0.15) is 5.75 Å². The molecule has 1 rings (SSSR count). The Morgan fingerprint density at radius 3 is 1.97 bits per heavy atom. The minimum atomic E-state index is -0.372. The molecule has 0 aromatic heterocycles. The highest BCUT2D eigenvalue weighted by molar-refractivity contribution is 5.84. The lowest BCUT2D eigenvalue weighted by atomic mass is 10.1. The molecule has 29 heavy (non-hydrogen) atoms. The highest BCUT2D eigenvalue weighted by Gasteiger charge is 1.98. The Bertz CT molecular complexity index is 648. The van der Waals surface area contributed by atoms with Crippen molar-refractivity contribution in [2.24, 2.45) is 0 Å². The van der Waals surface area contributed by atoms with Gasteiger partial charge < -0.3 is 4.74 Å². The number of benzene rings is 1. The van der Waals surface area contributed by atoms with E-state index < -0.39 is 0 Å². The van der Waals surface area contributed by atoms with Crippen molar-refractivity contribution in [3.8, 4) is 5.75 Å². The van der Waals surface area contributed by atoms with Crippen LogP contribution in [0.15, 0.2) is 72.9 Å². The topological polar surface area (TPSA) is 26.3 Å². The third-order valence-electron chi connectivity index (χ3n) is 4.64. The van der Waals surface area contributed by atoms with Gasteiger partial charge in [0.05, 0.1) is 0 Å². The summed E-state index contributed by atoms with van der Waals surface area (Å²) in [5, 5.41) is 0. The Balaban J connectivity index is 2.02. The molecule has 1 aromatic rings. The predicted molar refractivity (Wildman–Crippen MR) is 125 cm³/mol. The van der Waals surface area contributed by atoms with Crippen molar-refractivity contribution in [2.45, 2.75) is 78.1 Å². The van der Waals surface area contributed by atoms with E-state index in [-0.39, 0.29) is 5.97 Å². The number of allylic oxidation sites excluding steroid dienone is 7. The lowest BCUT2D eigenvalue weighted by Crippen LogP contribution is -2.03. The van der Waals surface area contributed by atoms with Gasteiger partial charge >= 0.3 is 5.97 Å². The van der Waals surface area contributed by atoms with Gasteiger partial charge in [-0.2, -0.15) is 0 Å². The van der Waals surface area contributed by atoms with Crippen molar-refractivity contribution in [1.29, 1.82) is 0 Å². The first-order chi connectivity index (χ1) is 14.2. The second kappa shape index (κ2) is 17.7. The largest absolute Gasteiger partial charge is 0.423 e. The molecular formula is C27H38O2. The highest BCUT2D eigenvalue weighted by atomic mass is 16.5. The van der Waals surface area contributed by atoms with E-state index in [4.69, 9.17) is 4.74 Å². The summed E-state index contributed by atoms with van der Waals surface area (Å²) in [7, 11) is 0. The average molecular weight is 395 g/mol. The van der Waals surface area contributed by atoms with Crippen LogP contribution in [-0.2, 0) is 4.79 Å². The van der Waals surface area contributed by atoms with Gasteiger partial charge in [0.25, 0.3) is 0 Å². The van der Waals surface area contributed by atoms with Crippen molar-refractivity contribution in [3.63, 3.8) is 0 Å². The fourth-order valence-corrected chi connectivity index (χ4v) is 2.89. The molecule has 0 aliphatic rings. The van der Waals surface area contributed by atoms with E-state index in [1.165, 1.54) is 63.9 Å². The Hall–Kier alpha value is -2.35. The Morgan fingerprint density at radius 2 is 1.31 bits per heavy atom. The number of hydrogen-bond donors (Lipinski definition) is 0. The van der Waals surface area contributed by atoms with Crippen LogP contribution in [0.4, 0.5) is 0 Å². The van der Waals surface area contributed by atoms with E-state index in [1.807, 2.05) is 43.4 Å². The SMILES string of the molecule is CCCCCCCCCCC\C=C/C=C/C=C\C=C\C(=O)Oc1ccc(C)cc1. The molecule has 2 heteroatoms. The maximum absolute atomic E-state index is 11.7. The van der Waals surface area contributed by atoms with E-state index in [0.29, 0.717) is 5.75 Å². The van der Waals surface area contributed by atoms with E-state index in [0.717, 1.165) is 12.0 Å². The van der Waals surface area contributed by atoms with E-state index in [2.05, 4.69) is 19.1 Å². The van der Waals surface area contributed by atoms with E-state index in [1.54, 1.807) is 18.2 Å². The molecule has 0 aliphatic heterocycles. The molecule has 0 saturated heterocycles. The molecule has 0 fully saturated rings. The molecule has 0 N–H and O–H groups in total. The maximum atomic E-state index is 11.7. The smallest absolute Gasteiger partial charge is 0.336 e. The zero-order valence-corrected chi connectivity index (χ0v) is 18.3. The Morgan fingerprint density at radius 1 is 0.759 bits per heavy atom. The average Bonchev–Trinajstić information content (AvgIpc) is 2.72. The van der Waals surface area contributed by atoms with Gasteiger partial charge in [-0.25, -0.2) is 4.79 Å². The van der Waals surface area contributed by atoms with Crippen LogP contribution in [0.2, 0.25) is 0 Å². The van der Waals surface area contributed by atoms with Gasteiger partial charge in [0.15, 0.2) is 0 Å². The van der Waals surface area contributed by atoms with Gasteiger partial charge in [-0.1, -0.05) is 119 Å². The van der Waals surface area contributed by atoms with Crippen LogP contribution in [0.5, 0.6) is 5.75 Å². The number of unbranched alkanes of at least 4 members (excludes halogenated alkanes) is 9. The lowest BCUT2D eigenvalue weighted by Gasteiger charge is -2.00. The molecule has 0 unspecified atom stereocenters. The molecule has 0 radical (unpaired) electrons. The van der Waals surface area contributed by atoms with Gasteiger partial charge in [0, 0.05) is 6.08 Å². The summed E-state index contributed by atoms with van der Waals surface area (Å²) in [6, 6.07) is 7.42. The summed E-state index contributed by atoms with van der Waals surface area (Å²) in [5.74, 6) is 0.189. The van der Waals surface area contributed by atoms with Crippen LogP contribution in [0.25, 0.3) is 0 Å². The number of hydrogen-bond acceptors (Lipinski definition) is 2. The maximum Gasteiger partial charge on any atom is 0.336 e. The van der Waals surface area contributed by atoms with Crippen LogP contribution in [-0.4, -0.2) is 5.97 Å². The molecular weight excluding hydrogens is 356 g/mol. The van der Waals surface area contributed by atoms with Crippen molar-refractivity contribution >= 4 is 5.97 Å². The summed E-state index contributed by atoms with van der Waals surface area (Å²) in [4.78, 5) is 11.7. The van der Waals surface area contributed by atoms with E-state index in [9.17, 15) is 4.79 Å². The summed E-state index contributed by atoms with van der Waals surface area (Å²) < 4.78 is 5.21. The molecule has 0 heterocycles. The monoisotopic (exact) mass is 394 g/mol. The van der Waals surface area contributed by atoms with Gasteiger partial charge in [-0.05, 0) is 31.9 Å². The number of aryl methyl sites for hydroxylation is 1. The molecule has 2 nitrogen and oxygen atoms in total. The standard InChI is InChI=1S/C27H38O2/c1-3-4-5-6-7-8-9-10-11-12-13-14-15-16-17-18-19-20-27(28)29-26-23-21-25(2)22-24-26/h13-24H,3-12H2,1-2H3/b14-13-,16-15+,18-17-,20-19+. The number of ether oxygens (including phenoxy) is 1. The van der Waals surface area contributed by atoms with Crippen molar-refractivity contribution in [1.82, 2.24) is 0 Å². The number of rotatable bonds is 15. The molecule has 0 spiro atoms. The second-order valence-corrected chi connectivity index (χ2v) is 7.41. The fraction of sp³-hybridized carbons (Fsp3) is 0.444. The second-order valence-electron chi connectivity index (χ2n) is 7.41. The summed E-state index contributed by atoms with van der Waals surface area (Å²) >= 11 is 0. The van der Waals surface area contributed by atoms with Crippen molar-refractivity contribution < 1.29 is 9.53 Å². The highest BCUT2D eigenvalue weighted by Crippen LogP contribution is 2.12. The third kappa shape index (κ3) is 15.3. The molecule has 158 valence electrons. The molecule has 0 saturated carbocycles. The van der Waals surface area contributed by atoms with Gasteiger partial charge in [-0.15, -0.1) is 0 Å². The van der Waals surface area contributed by atoms with Gasteiger partial charge in [-0.3, -0.25) is 0 Å². The zero-order chi connectivity index (χ0) is 21.0. The molecule has 0 bridgehead atoms. The van der Waals surface area contributed by atoms with Crippen LogP contribution >= 0.6 is 0 Å². The Labute approximate surface area is 178 Å². The van der Waals surface area contributed by atoms with Crippen molar-refractivity contribution in [2.75, 3.05) is 0 Å². The number of carbonyl (C=O) groups excluding carboxylic acids is 1. The molecule has 0 aliphatic carbocycles. The quantitative estimate of drug-likeness (QED) is 0.0988. The first-order valence-electron chi connectivity index (χ1n) is 11.2.